The first kappa shape index (κ1) is 25.2. The van der Waals surface area contributed by atoms with Gasteiger partial charge >= 0.3 is 12.0 Å². The Kier molecular flexibility index (Phi) is 8.21. The number of primary amides is 1. The number of ether oxygens (including phenoxy) is 4. The zero-order valence-corrected chi connectivity index (χ0v) is 19.9. The molecule has 3 amide bonds. The van der Waals surface area contributed by atoms with Crippen LogP contribution in [0.2, 0.25) is 0 Å². The molecule has 11 nitrogen and oxygen atoms in total. The van der Waals surface area contributed by atoms with E-state index >= 15 is 0 Å². The Morgan fingerprint density at radius 3 is 2.24 bits per heavy atom. The highest BCUT2D eigenvalue weighted by Crippen LogP contribution is 2.41. The molecule has 3 rings (SSSR count). The highest BCUT2D eigenvalue weighted by atomic mass is 16.5. The van der Waals surface area contributed by atoms with Crippen molar-refractivity contribution in [2.45, 2.75) is 25.8 Å². The van der Waals surface area contributed by atoms with E-state index in [4.69, 9.17) is 24.7 Å². The highest BCUT2D eigenvalue weighted by Gasteiger charge is 2.37. The van der Waals surface area contributed by atoms with Gasteiger partial charge in [0.1, 0.15) is 5.75 Å². The zero-order valence-electron chi connectivity index (χ0n) is 19.9. The van der Waals surface area contributed by atoms with Crippen molar-refractivity contribution in [1.29, 1.82) is 0 Å². The molecule has 0 bridgehead atoms. The van der Waals surface area contributed by atoms with E-state index in [1.54, 1.807) is 19.1 Å². The van der Waals surface area contributed by atoms with Crippen molar-refractivity contribution in [2.24, 2.45) is 11.7 Å². The van der Waals surface area contributed by atoms with E-state index in [-0.39, 0.29) is 24.0 Å². The van der Waals surface area contributed by atoms with Crippen molar-refractivity contribution >= 4 is 17.9 Å². The number of carbonyl (C=O) groups excluding carboxylic acids is 3. The molecule has 4 N–H and O–H groups in total. The average Bonchev–Trinajstić information content (AvgIpc) is 2.83. The van der Waals surface area contributed by atoms with Crippen LogP contribution < -0.4 is 30.6 Å². The number of methoxy groups -OCH3 is 3. The Labute approximate surface area is 198 Å². The second kappa shape index (κ2) is 11.1. The number of nitrogens with two attached hydrogens (primary N) is 1. The summed E-state index contributed by atoms with van der Waals surface area (Å²) in [5.74, 6) is 0.252. The average molecular weight is 477 g/mol. The van der Waals surface area contributed by atoms with Crippen LogP contribution in [0, 0.1) is 5.92 Å². The molecule has 2 aliphatic rings. The summed E-state index contributed by atoms with van der Waals surface area (Å²) in [5, 5.41) is 5.58. The van der Waals surface area contributed by atoms with Crippen molar-refractivity contribution in [3.63, 3.8) is 0 Å². The van der Waals surface area contributed by atoms with Crippen LogP contribution in [-0.4, -0.2) is 70.4 Å². The van der Waals surface area contributed by atoms with E-state index in [9.17, 15) is 14.4 Å². The molecule has 11 heteroatoms. The largest absolute Gasteiger partial charge is 0.496 e. The highest BCUT2D eigenvalue weighted by molar-refractivity contribution is 5.95. The number of amides is 3. The monoisotopic (exact) mass is 476 g/mol. The number of hydrogen-bond donors (Lipinski definition) is 3. The zero-order chi connectivity index (χ0) is 24.8. The van der Waals surface area contributed by atoms with Crippen molar-refractivity contribution < 1.29 is 33.3 Å². The molecule has 0 aromatic heterocycles. The molecule has 0 aliphatic carbocycles. The van der Waals surface area contributed by atoms with Gasteiger partial charge in [-0.3, -0.25) is 9.69 Å². The van der Waals surface area contributed by atoms with E-state index in [0.717, 1.165) is 0 Å². The van der Waals surface area contributed by atoms with E-state index in [1.807, 2.05) is 0 Å². The summed E-state index contributed by atoms with van der Waals surface area (Å²) in [4.78, 5) is 39.3. The number of urea groups is 1. The SMILES string of the molecule is CCOC(=O)C1=C(CN2CCC(C(N)=O)CC2)NC(=O)NC1c1cc(OC)c(OC)cc1OC. The lowest BCUT2D eigenvalue weighted by Crippen LogP contribution is -2.49. The Bertz CT molecular complexity index is 970. The van der Waals surface area contributed by atoms with E-state index < -0.39 is 18.0 Å². The van der Waals surface area contributed by atoms with Crippen molar-refractivity contribution in [1.82, 2.24) is 15.5 Å². The number of esters is 1. The Morgan fingerprint density at radius 1 is 1.06 bits per heavy atom. The van der Waals surface area contributed by atoms with Crippen molar-refractivity contribution in [3.05, 3.63) is 29.0 Å². The molecule has 1 unspecified atom stereocenters. The Balaban J connectivity index is 2.03. The lowest BCUT2D eigenvalue weighted by Gasteiger charge is -2.35. The summed E-state index contributed by atoms with van der Waals surface area (Å²) in [5.41, 5.74) is 6.66. The minimum Gasteiger partial charge on any atom is -0.496 e. The van der Waals surface area contributed by atoms with Crippen LogP contribution in [0.15, 0.2) is 23.4 Å². The van der Waals surface area contributed by atoms with Gasteiger partial charge in [0.25, 0.3) is 0 Å². The van der Waals surface area contributed by atoms with Gasteiger partial charge in [0.2, 0.25) is 5.91 Å². The number of carbonyl (C=O) groups is 3. The van der Waals surface area contributed by atoms with Crippen LogP contribution in [0.5, 0.6) is 17.2 Å². The first-order chi connectivity index (χ1) is 16.3. The third kappa shape index (κ3) is 5.36. The number of nitrogens with zero attached hydrogens (tertiary/aromatic N) is 1. The summed E-state index contributed by atoms with van der Waals surface area (Å²) in [6, 6.07) is 2.00. The van der Waals surface area contributed by atoms with Crippen LogP contribution >= 0.6 is 0 Å². The summed E-state index contributed by atoms with van der Waals surface area (Å²) in [6.45, 7) is 3.41. The van der Waals surface area contributed by atoms with Gasteiger partial charge in [-0.1, -0.05) is 0 Å². The van der Waals surface area contributed by atoms with Crippen molar-refractivity contribution in [2.75, 3.05) is 47.6 Å². The summed E-state index contributed by atoms with van der Waals surface area (Å²) < 4.78 is 21.7. The molecule has 2 aliphatic heterocycles. The number of rotatable bonds is 9. The molecule has 1 atom stereocenters. The molecule has 1 aromatic rings. The lowest BCUT2D eigenvalue weighted by molar-refractivity contribution is -0.139. The van der Waals surface area contributed by atoms with Gasteiger partial charge in [0, 0.05) is 29.8 Å². The number of likely N-dealkylation sites (tertiary alicyclic amines) is 1. The molecular weight excluding hydrogens is 444 g/mol. The van der Waals surface area contributed by atoms with Crippen LogP contribution in [0.1, 0.15) is 31.4 Å². The van der Waals surface area contributed by atoms with Crippen LogP contribution in [0.25, 0.3) is 0 Å². The fourth-order valence-electron chi connectivity index (χ4n) is 4.30. The fourth-order valence-corrected chi connectivity index (χ4v) is 4.30. The lowest BCUT2D eigenvalue weighted by atomic mass is 9.92. The molecule has 1 fully saturated rings. The number of hydrogen-bond acceptors (Lipinski definition) is 8. The standard InChI is InChI=1S/C23H32N4O7/c1-5-34-22(29)19-15(12-27-8-6-13(7-9-27)21(24)28)25-23(30)26-20(19)14-10-17(32-3)18(33-4)11-16(14)31-2/h10-11,13,20H,5-9,12H2,1-4H3,(H2,24,28)(H2,25,26,30). The molecule has 2 heterocycles. The van der Waals surface area contributed by atoms with Crippen LogP contribution in [0.4, 0.5) is 4.79 Å². The second-order valence-electron chi connectivity index (χ2n) is 8.05. The van der Waals surface area contributed by atoms with Gasteiger partial charge in [0.05, 0.1) is 39.6 Å². The Morgan fingerprint density at radius 2 is 1.68 bits per heavy atom. The van der Waals surface area contributed by atoms with Gasteiger partial charge in [-0.05, 0) is 38.9 Å². The second-order valence-corrected chi connectivity index (χ2v) is 8.05. The molecular formula is C23H32N4O7. The first-order valence-electron chi connectivity index (χ1n) is 11.1. The van der Waals surface area contributed by atoms with Crippen molar-refractivity contribution in [3.8, 4) is 17.2 Å². The molecule has 0 spiro atoms. The fraction of sp³-hybridized carbons (Fsp3) is 0.522. The number of piperidine rings is 1. The van der Waals surface area contributed by atoms with Gasteiger partial charge in [-0.25, -0.2) is 9.59 Å². The summed E-state index contributed by atoms with van der Waals surface area (Å²) in [6.07, 6.45) is 1.24. The van der Waals surface area contributed by atoms with Gasteiger partial charge in [0.15, 0.2) is 11.5 Å². The van der Waals surface area contributed by atoms with Gasteiger partial charge in [-0.15, -0.1) is 0 Å². The third-order valence-electron chi connectivity index (χ3n) is 6.07. The predicted molar refractivity (Wildman–Crippen MR) is 123 cm³/mol. The maximum Gasteiger partial charge on any atom is 0.338 e. The van der Waals surface area contributed by atoms with Gasteiger partial charge in [-0.2, -0.15) is 0 Å². The summed E-state index contributed by atoms with van der Waals surface area (Å²) >= 11 is 0. The maximum absolute atomic E-state index is 13.1. The molecule has 0 radical (unpaired) electrons. The molecule has 0 saturated carbocycles. The minimum absolute atomic E-state index is 0.166. The summed E-state index contributed by atoms with van der Waals surface area (Å²) in [7, 11) is 4.50. The molecule has 1 aromatic carbocycles. The maximum atomic E-state index is 13.1. The minimum atomic E-state index is -0.847. The molecule has 186 valence electrons. The van der Waals surface area contributed by atoms with Gasteiger partial charge < -0.3 is 35.3 Å². The molecule has 1 saturated heterocycles. The first-order valence-corrected chi connectivity index (χ1v) is 11.1. The van der Waals surface area contributed by atoms with E-state index in [0.29, 0.717) is 61.0 Å². The normalized spacial score (nSPS) is 19.2. The number of nitrogens with one attached hydrogen (secondary N) is 2. The topological polar surface area (TPSA) is 141 Å². The number of benzene rings is 1. The quantitative estimate of drug-likeness (QED) is 0.450. The molecule has 34 heavy (non-hydrogen) atoms. The van der Waals surface area contributed by atoms with E-state index in [1.165, 1.54) is 21.3 Å². The third-order valence-corrected chi connectivity index (χ3v) is 6.07. The van der Waals surface area contributed by atoms with E-state index in [2.05, 4.69) is 15.5 Å². The van der Waals surface area contributed by atoms with Crippen LogP contribution in [-0.2, 0) is 14.3 Å². The predicted octanol–water partition coefficient (Wildman–Crippen LogP) is 1.08. The Hall–Kier alpha value is -3.47. The smallest absolute Gasteiger partial charge is 0.338 e. The van der Waals surface area contributed by atoms with Crippen LogP contribution in [0.3, 0.4) is 0 Å².